The van der Waals surface area contributed by atoms with Crippen LogP contribution < -0.4 is 0 Å². The highest BCUT2D eigenvalue weighted by molar-refractivity contribution is 4.39. The van der Waals surface area contributed by atoms with Crippen molar-refractivity contribution in [1.82, 2.24) is 0 Å². The molecule has 0 aliphatic rings. The summed E-state index contributed by atoms with van der Waals surface area (Å²) in [5.41, 5.74) is 0. The van der Waals surface area contributed by atoms with Gasteiger partial charge in [-0.15, -0.1) is 0 Å². The van der Waals surface area contributed by atoms with Gasteiger partial charge in [0.2, 0.25) is 0 Å². The Labute approximate surface area is 182 Å². The van der Waals surface area contributed by atoms with Crippen LogP contribution >= 0.6 is 0 Å². The Hall–Kier alpha value is -0.400. The van der Waals surface area contributed by atoms with Gasteiger partial charge < -0.3 is 51.1 Å². The maximum atomic E-state index is 8.30. The van der Waals surface area contributed by atoms with E-state index in [0.717, 1.165) is 57.8 Å². The van der Waals surface area contributed by atoms with Crippen LogP contribution in [-0.4, -0.2) is 117 Å². The zero-order valence-electron chi connectivity index (χ0n) is 18.6. The van der Waals surface area contributed by atoms with Crippen LogP contribution in [0.5, 0.6) is 0 Å². The van der Waals surface area contributed by atoms with Crippen LogP contribution in [-0.2, 0) is 0 Å². The minimum Gasteiger partial charge on any atom is -0.396 e. The molecule has 0 bridgehead atoms. The van der Waals surface area contributed by atoms with Crippen molar-refractivity contribution in [2.24, 2.45) is 0 Å². The summed E-state index contributed by atoms with van der Waals surface area (Å²) in [4.78, 5) is 0. The lowest BCUT2D eigenvalue weighted by Gasteiger charge is -1.93. The van der Waals surface area contributed by atoms with E-state index in [1.807, 2.05) is 0 Å². The average Bonchev–Trinajstić information content (AvgIpc) is 2.78. The van der Waals surface area contributed by atoms with Gasteiger partial charge in [0.15, 0.2) is 0 Å². The molecule has 10 heteroatoms. The van der Waals surface area contributed by atoms with E-state index < -0.39 is 0 Å². The zero-order valence-corrected chi connectivity index (χ0v) is 18.6. The molecule has 30 heavy (non-hydrogen) atoms. The molecule has 0 saturated heterocycles. The molecule has 0 rings (SSSR count). The van der Waals surface area contributed by atoms with E-state index >= 15 is 0 Å². The molecule has 0 aromatic heterocycles. The Kier molecular flexibility index (Phi) is 75.6. The van der Waals surface area contributed by atoms with E-state index in [-0.39, 0.29) is 66.1 Å². The molecule has 10 nitrogen and oxygen atoms in total. The third kappa shape index (κ3) is 91.6. The number of aliphatic hydroxyl groups excluding tert-OH is 10. The SMILES string of the molecule is OCCCCCCO.OCCCCCO.OCCCCO.OCCCO.OCCO. The Balaban J connectivity index is -0.0000000886. The first-order valence-electron chi connectivity index (χ1n) is 10.7. The fraction of sp³-hybridized carbons (Fsp3) is 1.00. The second-order valence-electron chi connectivity index (χ2n) is 5.77. The fourth-order valence-corrected chi connectivity index (χ4v) is 1.27. The first kappa shape index (κ1) is 40.0. The van der Waals surface area contributed by atoms with Crippen LogP contribution in [0.1, 0.15) is 64.2 Å². The summed E-state index contributed by atoms with van der Waals surface area (Å²) in [6.45, 7) is 1.39. The first-order chi connectivity index (χ1) is 14.6. The molecule has 0 heterocycles. The van der Waals surface area contributed by atoms with Gasteiger partial charge in [-0.2, -0.15) is 0 Å². The molecule has 0 aliphatic heterocycles. The van der Waals surface area contributed by atoms with Crippen molar-refractivity contribution in [3.63, 3.8) is 0 Å². The summed E-state index contributed by atoms with van der Waals surface area (Å²) >= 11 is 0. The van der Waals surface area contributed by atoms with Crippen molar-refractivity contribution >= 4 is 0 Å². The molecule has 0 aromatic carbocycles. The van der Waals surface area contributed by atoms with Crippen LogP contribution in [0.25, 0.3) is 0 Å². The summed E-state index contributed by atoms with van der Waals surface area (Å²) < 4.78 is 0. The lowest BCUT2D eigenvalue weighted by Crippen LogP contribution is -1.85. The van der Waals surface area contributed by atoms with Gasteiger partial charge in [0.1, 0.15) is 0 Å². The van der Waals surface area contributed by atoms with E-state index in [9.17, 15) is 0 Å². The van der Waals surface area contributed by atoms with Crippen molar-refractivity contribution in [2.45, 2.75) is 64.2 Å². The molecule has 0 fully saturated rings. The largest absolute Gasteiger partial charge is 0.396 e. The number of unbranched alkanes of at least 4 members (excludes halogenated alkanes) is 6. The molecule has 0 spiro atoms. The molecule has 0 radical (unpaired) electrons. The molecule has 0 amide bonds. The number of aliphatic hydroxyl groups is 10. The normalized spacial score (nSPS) is 9.00. The molecule has 0 aliphatic carbocycles. The summed E-state index contributed by atoms with van der Waals surface area (Å²) in [6.07, 6.45) is 8.34. The lowest BCUT2D eigenvalue weighted by atomic mass is 10.2. The maximum absolute atomic E-state index is 8.30. The second-order valence-corrected chi connectivity index (χ2v) is 5.77. The zero-order chi connectivity index (χ0) is 24.1. The van der Waals surface area contributed by atoms with Gasteiger partial charge in [-0.25, -0.2) is 0 Å². The predicted molar refractivity (Wildman–Crippen MR) is 117 cm³/mol. The van der Waals surface area contributed by atoms with E-state index in [1.54, 1.807) is 0 Å². The highest BCUT2D eigenvalue weighted by Gasteiger charge is 1.84. The van der Waals surface area contributed by atoms with Crippen molar-refractivity contribution in [3.8, 4) is 0 Å². The van der Waals surface area contributed by atoms with Gasteiger partial charge in [0, 0.05) is 52.9 Å². The molecular weight excluding hydrogens is 400 g/mol. The summed E-state index contributed by atoms with van der Waals surface area (Å²) in [7, 11) is 0. The first-order valence-corrected chi connectivity index (χ1v) is 10.7. The minimum atomic E-state index is -0.125. The van der Waals surface area contributed by atoms with Crippen LogP contribution in [0.4, 0.5) is 0 Å². The van der Waals surface area contributed by atoms with E-state index in [0.29, 0.717) is 6.42 Å². The second kappa shape index (κ2) is 56.7. The minimum absolute atomic E-state index is 0.0938. The van der Waals surface area contributed by atoms with Crippen molar-refractivity contribution in [1.29, 1.82) is 0 Å². The van der Waals surface area contributed by atoms with Crippen LogP contribution in [0.2, 0.25) is 0 Å². The molecule has 190 valence electrons. The molecule has 0 atom stereocenters. The van der Waals surface area contributed by atoms with E-state index in [2.05, 4.69) is 0 Å². The van der Waals surface area contributed by atoms with Gasteiger partial charge in [0.25, 0.3) is 0 Å². The topological polar surface area (TPSA) is 202 Å². The lowest BCUT2D eigenvalue weighted by molar-refractivity contribution is 0.186. The average molecular weight is 451 g/mol. The van der Waals surface area contributed by atoms with E-state index in [1.165, 1.54) is 0 Å². The third-order valence-corrected chi connectivity index (χ3v) is 2.86. The number of hydrogen-bond acceptors (Lipinski definition) is 10. The maximum Gasteiger partial charge on any atom is 0.0662 e. The highest BCUT2D eigenvalue weighted by Crippen LogP contribution is 1.96. The predicted octanol–water partition coefficient (Wildman–Crippen LogP) is -1.24. The van der Waals surface area contributed by atoms with Crippen LogP contribution in [0, 0.1) is 0 Å². The quantitative estimate of drug-likeness (QED) is 0.134. The Morgan fingerprint density at radius 1 is 0.167 bits per heavy atom. The molecule has 0 unspecified atom stereocenters. The Morgan fingerprint density at radius 2 is 0.333 bits per heavy atom. The van der Waals surface area contributed by atoms with Gasteiger partial charge in [-0.1, -0.05) is 12.8 Å². The standard InChI is InChI=1S/C6H14O2.C5H12O2.C4H10O2.C3H8O2.C2H6O2/c7-5-3-1-2-4-6-8;6-4-2-1-3-5-7;5-3-1-2-4-6;4-2-1-3-5;3-1-2-4/h7-8H,1-6H2;6-7H,1-5H2;5-6H,1-4H2;4-5H,1-3H2;3-4H,1-2H2. The Morgan fingerprint density at radius 3 is 0.467 bits per heavy atom. The van der Waals surface area contributed by atoms with Crippen LogP contribution in [0.3, 0.4) is 0 Å². The summed E-state index contributed by atoms with van der Waals surface area (Å²) in [6, 6.07) is 0. The molecule has 0 aromatic rings. The molecule has 10 N–H and O–H groups in total. The summed E-state index contributed by atoms with van der Waals surface area (Å²) in [5, 5.41) is 80.3. The van der Waals surface area contributed by atoms with Crippen molar-refractivity contribution < 1.29 is 51.1 Å². The number of rotatable bonds is 15. The fourth-order valence-electron chi connectivity index (χ4n) is 1.27. The van der Waals surface area contributed by atoms with Gasteiger partial charge in [-0.05, 0) is 51.4 Å². The van der Waals surface area contributed by atoms with Crippen molar-refractivity contribution in [2.75, 3.05) is 66.1 Å². The van der Waals surface area contributed by atoms with Gasteiger partial charge >= 0.3 is 0 Å². The number of hydrogen-bond donors (Lipinski definition) is 10. The molecular formula is C20H50O10. The van der Waals surface area contributed by atoms with Crippen molar-refractivity contribution in [3.05, 3.63) is 0 Å². The van der Waals surface area contributed by atoms with Gasteiger partial charge in [-0.3, -0.25) is 0 Å². The Bertz CT molecular complexity index is 182. The summed E-state index contributed by atoms with van der Waals surface area (Å²) in [5.74, 6) is 0. The monoisotopic (exact) mass is 450 g/mol. The molecule has 0 saturated carbocycles. The third-order valence-electron chi connectivity index (χ3n) is 2.86. The highest BCUT2D eigenvalue weighted by atomic mass is 16.3. The van der Waals surface area contributed by atoms with E-state index in [4.69, 9.17) is 51.1 Å². The van der Waals surface area contributed by atoms with Crippen LogP contribution in [0.15, 0.2) is 0 Å². The smallest absolute Gasteiger partial charge is 0.0662 e. The van der Waals surface area contributed by atoms with Gasteiger partial charge in [0.05, 0.1) is 13.2 Å².